The van der Waals surface area contributed by atoms with Gasteiger partial charge in [-0.1, -0.05) is 18.5 Å². The molecular formula is C14H18ClNO5S. The molecule has 1 amide bonds. The largest absolute Gasteiger partial charge is 0.454 e. The number of rotatable bonds is 6. The standard InChI is InChI=1S/C14H18ClNO5S/c1-3-4-16-14(17)9(2)22(18,19)7-10-5-11(15)13-12(6-10)20-8-21-13/h5-6,9H,3-4,7-8H2,1-2H3,(H,16,17)/t9-/m1/s1. The third kappa shape index (κ3) is 3.64. The Morgan fingerprint density at radius 3 is 2.82 bits per heavy atom. The van der Waals surface area contributed by atoms with E-state index in [2.05, 4.69) is 5.32 Å². The van der Waals surface area contributed by atoms with E-state index < -0.39 is 21.0 Å². The van der Waals surface area contributed by atoms with Gasteiger partial charge in [-0.15, -0.1) is 0 Å². The van der Waals surface area contributed by atoms with Crippen LogP contribution < -0.4 is 14.8 Å². The molecule has 1 aromatic carbocycles. The lowest BCUT2D eigenvalue weighted by molar-refractivity contribution is -0.120. The van der Waals surface area contributed by atoms with Crippen molar-refractivity contribution in [3.05, 3.63) is 22.7 Å². The first-order chi connectivity index (χ1) is 10.3. The maximum absolute atomic E-state index is 12.3. The van der Waals surface area contributed by atoms with Gasteiger partial charge in [0.1, 0.15) is 5.25 Å². The van der Waals surface area contributed by atoms with Crippen LogP contribution in [0.4, 0.5) is 0 Å². The zero-order valence-electron chi connectivity index (χ0n) is 12.4. The molecule has 0 spiro atoms. The molecule has 0 aromatic heterocycles. The second kappa shape index (κ2) is 6.75. The van der Waals surface area contributed by atoms with Crippen LogP contribution in [0.1, 0.15) is 25.8 Å². The summed E-state index contributed by atoms with van der Waals surface area (Å²) in [5.41, 5.74) is 0.462. The Bertz CT molecular complexity index is 674. The van der Waals surface area contributed by atoms with Crippen molar-refractivity contribution in [3.8, 4) is 11.5 Å². The first-order valence-corrected chi connectivity index (χ1v) is 9.01. The molecule has 0 radical (unpaired) electrons. The van der Waals surface area contributed by atoms with Crippen molar-refractivity contribution < 1.29 is 22.7 Å². The van der Waals surface area contributed by atoms with E-state index in [0.29, 0.717) is 28.6 Å². The summed E-state index contributed by atoms with van der Waals surface area (Å²) in [6, 6.07) is 3.09. The number of ether oxygens (including phenoxy) is 2. The van der Waals surface area contributed by atoms with E-state index in [0.717, 1.165) is 6.42 Å². The Morgan fingerprint density at radius 1 is 1.41 bits per heavy atom. The van der Waals surface area contributed by atoms with Crippen LogP contribution in [-0.2, 0) is 20.4 Å². The van der Waals surface area contributed by atoms with E-state index >= 15 is 0 Å². The molecule has 122 valence electrons. The first kappa shape index (κ1) is 16.9. The SMILES string of the molecule is CCCNC(=O)[C@@H](C)S(=O)(=O)Cc1cc(Cl)c2c(c1)OCO2. The van der Waals surface area contributed by atoms with Crippen molar-refractivity contribution in [2.24, 2.45) is 0 Å². The highest BCUT2D eigenvalue weighted by atomic mass is 35.5. The lowest BCUT2D eigenvalue weighted by Gasteiger charge is -2.13. The van der Waals surface area contributed by atoms with Crippen molar-refractivity contribution in [3.63, 3.8) is 0 Å². The second-order valence-electron chi connectivity index (χ2n) is 5.05. The highest BCUT2D eigenvalue weighted by Crippen LogP contribution is 2.40. The third-order valence-corrected chi connectivity index (χ3v) is 5.62. The summed E-state index contributed by atoms with van der Waals surface area (Å²) in [6.07, 6.45) is 0.746. The highest BCUT2D eigenvalue weighted by molar-refractivity contribution is 7.92. The number of carbonyl (C=O) groups is 1. The molecule has 0 saturated heterocycles. The highest BCUT2D eigenvalue weighted by Gasteiger charge is 2.29. The van der Waals surface area contributed by atoms with Crippen LogP contribution in [0.2, 0.25) is 5.02 Å². The number of halogens is 1. The number of amides is 1. The summed E-state index contributed by atoms with van der Waals surface area (Å²) in [5.74, 6) is 0.0513. The zero-order chi connectivity index (χ0) is 16.3. The third-order valence-electron chi connectivity index (χ3n) is 3.31. The molecule has 0 fully saturated rings. The number of sulfone groups is 1. The predicted octanol–water partition coefficient (Wildman–Crippen LogP) is 1.90. The van der Waals surface area contributed by atoms with Gasteiger partial charge in [-0.3, -0.25) is 4.79 Å². The van der Waals surface area contributed by atoms with Gasteiger partial charge in [0, 0.05) is 6.54 Å². The summed E-state index contributed by atoms with van der Waals surface area (Å²) < 4.78 is 35.1. The predicted molar refractivity (Wildman–Crippen MR) is 83.0 cm³/mol. The summed E-state index contributed by atoms with van der Waals surface area (Å²) in [6.45, 7) is 3.79. The molecule has 0 unspecified atom stereocenters. The fourth-order valence-corrected chi connectivity index (χ4v) is 3.60. The van der Waals surface area contributed by atoms with E-state index in [4.69, 9.17) is 21.1 Å². The molecule has 6 nitrogen and oxygen atoms in total. The molecule has 1 aliphatic rings. The van der Waals surface area contributed by atoms with Crippen molar-refractivity contribution in [1.29, 1.82) is 0 Å². The van der Waals surface area contributed by atoms with Gasteiger partial charge in [-0.05, 0) is 31.0 Å². The summed E-state index contributed by atoms with van der Waals surface area (Å²) in [5, 5.41) is 1.76. The molecule has 1 aromatic rings. The Morgan fingerprint density at radius 2 is 2.14 bits per heavy atom. The minimum Gasteiger partial charge on any atom is -0.454 e. The molecule has 0 bridgehead atoms. The minimum atomic E-state index is -3.64. The van der Waals surface area contributed by atoms with Gasteiger partial charge in [-0.25, -0.2) is 8.42 Å². The van der Waals surface area contributed by atoms with E-state index in [1.807, 2.05) is 6.92 Å². The molecule has 0 aliphatic carbocycles. The van der Waals surface area contributed by atoms with Gasteiger partial charge in [0.15, 0.2) is 21.3 Å². The molecule has 8 heteroatoms. The number of carbonyl (C=O) groups excluding carboxylic acids is 1. The van der Waals surface area contributed by atoms with Crippen molar-refractivity contribution in [2.45, 2.75) is 31.3 Å². The molecular weight excluding hydrogens is 330 g/mol. The molecule has 1 N–H and O–H groups in total. The van der Waals surface area contributed by atoms with E-state index in [-0.39, 0.29) is 12.5 Å². The lowest BCUT2D eigenvalue weighted by atomic mass is 10.2. The molecule has 1 heterocycles. The van der Waals surface area contributed by atoms with E-state index in [1.165, 1.54) is 13.0 Å². The van der Waals surface area contributed by atoms with Crippen molar-refractivity contribution >= 4 is 27.3 Å². The van der Waals surface area contributed by atoms with Crippen LogP contribution in [-0.4, -0.2) is 32.9 Å². The fourth-order valence-electron chi connectivity index (χ4n) is 2.02. The van der Waals surface area contributed by atoms with Crippen molar-refractivity contribution in [2.75, 3.05) is 13.3 Å². The quantitative estimate of drug-likeness (QED) is 0.850. The number of nitrogens with one attached hydrogen (secondary N) is 1. The van der Waals surface area contributed by atoms with Gasteiger partial charge in [0.2, 0.25) is 12.7 Å². The molecule has 22 heavy (non-hydrogen) atoms. The number of hydrogen-bond donors (Lipinski definition) is 1. The topological polar surface area (TPSA) is 81.7 Å². The van der Waals surface area contributed by atoms with Crippen LogP contribution in [0.5, 0.6) is 11.5 Å². The Labute approximate surface area is 134 Å². The van der Waals surface area contributed by atoms with Crippen LogP contribution in [0.15, 0.2) is 12.1 Å². The summed E-state index contributed by atoms with van der Waals surface area (Å²) >= 11 is 6.04. The number of hydrogen-bond acceptors (Lipinski definition) is 5. The lowest BCUT2D eigenvalue weighted by Crippen LogP contribution is -2.38. The Kier molecular flexibility index (Phi) is 5.18. The Hall–Kier alpha value is -1.47. The average Bonchev–Trinajstić information content (AvgIpc) is 2.92. The Balaban J connectivity index is 2.15. The van der Waals surface area contributed by atoms with Crippen LogP contribution in [0.25, 0.3) is 0 Å². The van der Waals surface area contributed by atoms with Crippen LogP contribution in [0, 0.1) is 0 Å². The monoisotopic (exact) mass is 347 g/mol. The van der Waals surface area contributed by atoms with Crippen LogP contribution >= 0.6 is 11.6 Å². The molecule has 0 saturated carbocycles. The van der Waals surface area contributed by atoms with Gasteiger partial charge < -0.3 is 14.8 Å². The summed E-state index contributed by atoms with van der Waals surface area (Å²) in [7, 11) is -3.64. The average molecular weight is 348 g/mol. The van der Waals surface area contributed by atoms with Crippen molar-refractivity contribution in [1.82, 2.24) is 5.32 Å². The maximum Gasteiger partial charge on any atom is 0.238 e. The van der Waals surface area contributed by atoms with Gasteiger partial charge in [0.05, 0.1) is 10.8 Å². The molecule has 1 atom stereocenters. The van der Waals surface area contributed by atoms with Gasteiger partial charge in [-0.2, -0.15) is 0 Å². The van der Waals surface area contributed by atoms with E-state index in [9.17, 15) is 13.2 Å². The molecule has 1 aliphatic heterocycles. The first-order valence-electron chi connectivity index (χ1n) is 6.92. The zero-order valence-corrected chi connectivity index (χ0v) is 14.0. The van der Waals surface area contributed by atoms with Gasteiger partial charge >= 0.3 is 0 Å². The van der Waals surface area contributed by atoms with Crippen LogP contribution in [0.3, 0.4) is 0 Å². The minimum absolute atomic E-state index is 0.0566. The number of fused-ring (bicyclic) bond motifs is 1. The van der Waals surface area contributed by atoms with Gasteiger partial charge in [0.25, 0.3) is 0 Å². The maximum atomic E-state index is 12.3. The number of benzene rings is 1. The molecule has 2 rings (SSSR count). The second-order valence-corrected chi connectivity index (χ2v) is 7.78. The smallest absolute Gasteiger partial charge is 0.238 e. The fraction of sp³-hybridized carbons (Fsp3) is 0.500. The summed E-state index contributed by atoms with van der Waals surface area (Å²) in [4.78, 5) is 11.8. The normalized spacial score (nSPS) is 14.7. The van der Waals surface area contributed by atoms with E-state index in [1.54, 1.807) is 6.07 Å².